The molecule has 3 rings (SSSR count). The van der Waals surface area contributed by atoms with Crippen molar-refractivity contribution in [3.05, 3.63) is 18.1 Å². The molecule has 2 N–H and O–H groups in total. The van der Waals surface area contributed by atoms with Gasteiger partial charge in [0, 0.05) is 26.2 Å². The summed E-state index contributed by atoms with van der Waals surface area (Å²) >= 11 is 0. The van der Waals surface area contributed by atoms with Crippen LogP contribution in [0.3, 0.4) is 0 Å². The van der Waals surface area contributed by atoms with E-state index in [-0.39, 0.29) is 24.0 Å². The molecule has 0 saturated carbocycles. The Balaban J connectivity index is 0.00000176. The van der Waals surface area contributed by atoms with Crippen LogP contribution in [0, 0.1) is 0 Å². The van der Waals surface area contributed by atoms with Crippen LogP contribution in [0.5, 0.6) is 0 Å². The van der Waals surface area contributed by atoms with Gasteiger partial charge in [0.05, 0.1) is 12.4 Å². The van der Waals surface area contributed by atoms with E-state index in [4.69, 9.17) is 0 Å². The van der Waals surface area contributed by atoms with Gasteiger partial charge in [-0.1, -0.05) is 5.10 Å². The van der Waals surface area contributed by atoms with Gasteiger partial charge in [0.25, 0.3) is 11.9 Å². The minimum absolute atomic E-state index is 0. The average Bonchev–Trinajstić information content (AvgIpc) is 3.01. The van der Waals surface area contributed by atoms with Gasteiger partial charge in [-0.3, -0.25) is 15.1 Å². The predicted molar refractivity (Wildman–Crippen MR) is 81.1 cm³/mol. The molecule has 0 unspecified atom stereocenters. The fourth-order valence-corrected chi connectivity index (χ4v) is 2.03. The Morgan fingerprint density at radius 3 is 2.73 bits per heavy atom. The van der Waals surface area contributed by atoms with Crippen LogP contribution in [0.4, 0.5) is 11.8 Å². The molecule has 3 heterocycles. The Kier molecular flexibility index (Phi) is 5.17. The van der Waals surface area contributed by atoms with Crippen molar-refractivity contribution in [3.63, 3.8) is 0 Å². The Bertz CT molecular complexity index is 612. The van der Waals surface area contributed by atoms with Crippen LogP contribution in [0.15, 0.2) is 12.4 Å². The first-order valence-electron chi connectivity index (χ1n) is 6.53. The summed E-state index contributed by atoms with van der Waals surface area (Å²) in [5.74, 6) is 0.385. The first kappa shape index (κ1) is 16.0. The number of rotatable bonds is 3. The topological polar surface area (TPSA) is 116 Å². The van der Waals surface area contributed by atoms with Crippen LogP contribution in [0.2, 0.25) is 0 Å². The van der Waals surface area contributed by atoms with Crippen molar-refractivity contribution in [2.45, 2.75) is 0 Å². The molecule has 1 aliphatic rings. The fraction of sp³-hybridized carbons (Fsp3) is 0.455. The molecule has 10 nitrogen and oxygen atoms in total. The number of hydrogen-bond acceptors (Lipinski definition) is 8. The van der Waals surface area contributed by atoms with Crippen LogP contribution >= 0.6 is 12.4 Å². The second-order valence-electron chi connectivity index (χ2n) is 4.74. The number of likely N-dealkylation sites (N-methyl/N-ethyl adjacent to an activating group) is 1. The number of anilines is 2. The summed E-state index contributed by atoms with van der Waals surface area (Å²) in [5.41, 5.74) is 0.219. The monoisotopic (exact) mass is 325 g/mol. The lowest BCUT2D eigenvalue weighted by Crippen LogP contribution is -2.45. The second kappa shape index (κ2) is 7.09. The number of hydrogen-bond donors (Lipinski definition) is 2. The van der Waals surface area contributed by atoms with Gasteiger partial charge in [0.1, 0.15) is 11.5 Å². The Hall–Kier alpha value is -2.33. The third-order valence-corrected chi connectivity index (χ3v) is 3.25. The van der Waals surface area contributed by atoms with Gasteiger partial charge >= 0.3 is 0 Å². The largest absolute Gasteiger partial charge is 0.353 e. The Labute approximate surface area is 132 Å². The summed E-state index contributed by atoms with van der Waals surface area (Å²) in [6.07, 6.45) is 3.07. The second-order valence-corrected chi connectivity index (χ2v) is 4.74. The number of carbonyl (C=O) groups excluding carboxylic acids is 1. The lowest BCUT2D eigenvalue weighted by molar-refractivity contribution is 0.102. The first-order valence-corrected chi connectivity index (χ1v) is 6.53. The maximum atomic E-state index is 12.0. The third-order valence-electron chi connectivity index (χ3n) is 3.25. The maximum Gasteiger partial charge on any atom is 0.278 e. The first-order chi connectivity index (χ1) is 10.2. The molecule has 0 radical (unpaired) electrons. The lowest BCUT2D eigenvalue weighted by Gasteiger charge is -2.33. The number of carbonyl (C=O) groups is 1. The van der Waals surface area contributed by atoms with E-state index in [0.29, 0.717) is 5.82 Å². The van der Waals surface area contributed by atoms with Gasteiger partial charge in [-0.25, -0.2) is 4.98 Å². The normalized spacial score (nSPS) is 15.2. The number of piperazine rings is 1. The highest BCUT2D eigenvalue weighted by Gasteiger charge is 2.18. The number of tetrazole rings is 1. The van der Waals surface area contributed by atoms with Crippen molar-refractivity contribution in [1.29, 1.82) is 0 Å². The molecule has 1 saturated heterocycles. The molecule has 2 aromatic rings. The fourth-order valence-electron chi connectivity index (χ4n) is 2.03. The summed E-state index contributed by atoms with van der Waals surface area (Å²) in [7, 11) is 2.08. The van der Waals surface area contributed by atoms with Crippen molar-refractivity contribution in [2.75, 3.05) is 43.4 Å². The zero-order chi connectivity index (χ0) is 14.7. The SMILES string of the molecule is CN1CCN(c2cncc(C(=O)Nc3nn[nH]n3)n2)CC1.Cl. The molecular formula is C11H16ClN9O. The Morgan fingerprint density at radius 1 is 1.27 bits per heavy atom. The lowest BCUT2D eigenvalue weighted by atomic mass is 10.3. The standard InChI is InChI=1S/C11H15N9O.ClH/c1-19-2-4-20(5-3-19)9-7-12-6-8(13-9)10(21)14-11-15-17-18-16-11;/h6-7H,2-5H2,1H3,(H2,14,15,16,17,18,21);1H. The van der Waals surface area contributed by atoms with E-state index < -0.39 is 5.91 Å². The van der Waals surface area contributed by atoms with Crippen molar-refractivity contribution in [3.8, 4) is 0 Å². The summed E-state index contributed by atoms with van der Waals surface area (Å²) in [4.78, 5) is 24.8. The van der Waals surface area contributed by atoms with Gasteiger partial charge in [-0.15, -0.1) is 17.5 Å². The number of nitrogens with one attached hydrogen (secondary N) is 2. The van der Waals surface area contributed by atoms with Crippen LogP contribution in [0.25, 0.3) is 0 Å². The molecular weight excluding hydrogens is 310 g/mol. The van der Waals surface area contributed by atoms with Gasteiger partial charge in [0.15, 0.2) is 0 Å². The van der Waals surface area contributed by atoms with Crippen LogP contribution in [-0.4, -0.2) is 74.6 Å². The number of nitrogens with zero attached hydrogens (tertiary/aromatic N) is 7. The molecule has 0 atom stereocenters. The summed E-state index contributed by atoms with van der Waals surface area (Å²) in [5, 5.41) is 15.4. The molecule has 0 spiro atoms. The molecule has 1 fully saturated rings. The van der Waals surface area contributed by atoms with Gasteiger partial charge in [-0.05, 0) is 12.3 Å². The summed E-state index contributed by atoms with van der Waals surface area (Å²) in [6, 6.07) is 0. The van der Waals surface area contributed by atoms with Crippen LogP contribution < -0.4 is 10.2 Å². The number of H-pyrrole nitrogens is 1. The number of aromatic nitrogens is 6. The quantitative estimate of drug-likeness (QED) is 0.769. The molecule has 1 amide bonds. The maximum absolute atomic E-state index is 12.0. The summed E-state index contributed by atoms with van der Waals surface area (Å²) in [6.45, 7) is 3.64. The molecule has 1 aliphatic heterocycles. The van der Waals surface area contributed by atoms with Crippen molar-refractivity contribution < 1.29 is 4.79 Å². The minimum atomic E-state index is -0.417. The third kappa shape index (κ3) is 3.65. The number of aromatic amines is 1. The molecule has 2 aromatic heterocycles. The zero-order valence-electron chi connectivity index (χ0n) is 11.9. The van der Waals surface area contributed by atoms with E-state index in [1.54, 1.807) is 6.20 Å². The van der Waals surface area contributed by atoms with Crippen LogP contribution in [-0.2, 0) is 0 Å². The highest BCUT2D eigenvalue weighted by atomic mass is 35.5. The highest BCUT2D eigenvalue weighted by molar-refractivity contribution is 6.01. The van der Waals surface area contributed by atoms with Crippen molar-refractivity contribution in [1.82, 2.24) is 35.5 Å². The van der Waals surface area contributed by atoms with E-state index in [9.17, 15) is 4.79 Å². The van der Waals surface area contributed by atoms with Crippen molar-refractivity contribution in [2.24, 2.45) is 0 Å². The predicted octanol–water partition coefficient (Wildman–Crippen LogP) is -0.584. The zero-order valence-corrected chi connectivity index (χ0v) is 12.7. The van der Waals surface area contributed by atoms with E-state index in [2.05, 4.69) is 52.8 Å². The molecule has 0 aromatic carbocycles. The van der Waals surface area contributed by atoms with Gasteiger partial charge < -0.3 is 9.80 Å². The van der Waals surface area contributed by atoms with E-state index in [1.807, 2.05) is 0 Å². The molecule has 11 heteroatoms. The summed E-state index contributed by atoms with van der Waals surface area (Å²) < 4.78 is 0. The van der Waals surface area contributed by atoms with Gasteiger partial charge in [0.2, 0.25) is 0 Å². The minimum Gasteiger partial charge on any atom is -0.353 e. The Morgan fingerprint density at radius 2 is 2.05 bits per heavy atom. The van der Waals surface area contributed by atoms with Crippen LogP contribution in [0.1, 0.15) is 10.5 Å². The van der Waals surface area contributed by atoms with Gasteiger partial charge in [-0.2, -0.15) is 5.21 Å². The van der Waals surface area contributed by atoms with E-state index >= 15 is 0 Å². The average molecular weight is 326 g/mol. The molecule has 118 valence electrons. The molecule has 0 aliphatic carbocycles. The van der Waals surface area contributed by atoms with E-state index in [0.717, 1.165) is 26.2 Å². The number of amides is 1. The highest BCUT2D eigenvalue weighted by Crippen LogP contribution is 2.12. The van der Waals surface area contributed by atoms with Crippen molar-refractivity contribution >= 4 is 30.1 Å². The molecule has 22 heavy (non-hydrogen) atoms. The van der Waals surface area contributed by atoms with E-state index in [1.165, 1.54) is 6.20 Å². The smallest absolute Gasteiger partial charge is 0.278 e. The molecule has 0 bridgehead atoms. The number of halogens is 1.